The Morgan fingerprint density at radius 2 is 1.81 bits per heavy atom. The Balaban J connectivity index is 1.46. The molecule has 0 spiro atoms. The van der Waals surface area contributed by atoms with E-state index in [0.717, 1.165) is 18.2 Å². The van der Waals surface area contributed by atoms with Gasteiger partial charge in [0, 0.05) is 25.7 Å². The standard InChI is InChI=1S/C22H24F5N3O/c1-14(16-3-2-4-17(12-16)22(25,26)27)28-21(31)29-18-7-9-30(10-8-18)13-15-5-6-19(23)20(24)11-15/h2-6,11-12,14,18H,7-10,13H2,1H3,(H2,28,29,31). The maximum absolute atomic E-state index is 13.3. The second kappa shape index (κ2) is 9.64. The number of carbonyl (C=O) groups excluding carboxylic acids is 1. The summed E-state index contributed by atoms with van der Waals surface area (Å²) in [5.41, 5.74) is 0.289. The normalized spacial score (nSPS) is 16.7. The second-order valence-electron chi connectivity index (χ2n) is 7.76. The summed E-state index contributed by atoms with van der Waals surface area (Å²) in [6, 6.07) is 7.61. The van der Waals surface area contributed by atoms with E-state index in [0.29, 0.717) is 43.6 Å². The SMILES string of the molecule is CC(NC(=O)NC1CCN(Cc2ccc(F)c(F)c2)CC1)c1cccc(C(F)(F)F)c1. The number of nitrogens with one attached hydrogen (secondary N) is 2. The minimum Gasteiger partial charge on any atom is -0.335 e. The number of piperidine rings is 1. The Morgan fingerprint density at radius 3 is 2.45 bits per heavy atom. The lowest BCUT2D eigenvalue weighted by atomic mass is 10.0. The molecule has 2 aromatic carbocycles. The van der Waals surface area contributed by atoms with E-state index < -0.39 is 35.4 Å². The zero-order valence-corrected chi connectivity index (χ0v) is 17.0. The minimum atomic E-state index is -4.44. The summed E-state index contributed by atoms with van der Waals surface area (Å²) in [4.78, 5) is 14.4. The molecule has 2 N–H and O–H groups in total. The quantitative estimate of drug-likeness (QED) is 0.641. The number of halogens is 5. The molecule has 0 radical (unpaired) electrons. The van der Waals surface area contributed by atoms with Crippen molar-refractivity contribution < 1.29 is 26.7 Å². The van der Waals surface area contributed by atoms with Gasteiger partial charge in [0.25, 0.3) is 0 Å². The molecule has 1 heterocycles. The lowest BCUT2D eigenvalue weighted by Gasteiger charge is -2.32. The number of nitrogens with zero attached hydrogens (tertiary/aromatic N) is 1. The summed E-state index contributed by atoms with van der Waals surface area (Å²) in [5.74, 6) is -1.75. The number of hydrogen-bond donors (Lipinski definition) is 2. The van der Waals surface area contributed by atoms with Crippen LogP contribution in [0.25, 0.3) is 0 Å². The van der Waals surface area contributed by atoms with Crippen LogP contribution in [0.3, 0.4) is 0 Å². The van der Waals surface area contributed by atoms with E-state index in [4.69, 9.17) is 0 Å². The van der Waals surface area contributed by atoms with Crippen molar-refractivity contribution in [1.82, 2.24) is 15.5 Å². The molecule has 9 heteroatoms. The summed E-state index contributed by atoms with van der Waals surface area (Å²) in [6.45, 7) is 3.46. The predicted octanol–water partition coefficient (Wildman–Crippen LogP) is 5.01. The molecule has 1 aliphatic heterocycles. The van der Waals surface area contributed by atoms with Gasteiger partial charge in [-0.1, -0.05) is 18.2 Å². The monoisotopic (exact) mass is 441 g/mol. The van der Waals surface area contributed by atoms with Gasteiger partial charge in [0.05, 0.1) is 11.6 Å². The topological polar surface area (TPSA) is 44.4 Å². The van der Waals surface area contributed by atoms with Gasteiger partial charge in [-0.3, -0.25) is 4.90 Å². The number of amides is 2. The summed E-state index contributed by atoms with van der Waals surface area (Å²) in [5, 5.41) is 5.53. The number of likely N-dealkylation sites (tertiary alicyclic amines) is 1. The molecule has 168 valence electrons. The third-order valence-corrected chi connectivity index (χ3v) is 5.37. The van der Waals surface area contributed by atoms with Gasteiger partial charge in [-0.2, -0.15) is 13.2 Å². The van der Waals surface area contributed by atoms with Crippen molar-refractivity contribution in [2.24, 2.45) is 0 Å². The second-order valence-corrected chi connectivity index (χ2v) is 7.76. The maximum atomic E-state index is 13.3. The third-order valence-electron chi connectivity index (χ3n) is 5.37. The van der Waals surface area contributed by atoms with Gasteiger partial charge in [0.1, 0.15) is 0 Å². The van der Waals surface area contributed by atoms with Crippen LogP contribution < -0.4 is 10.6 Å². The molecule has 1 aliphatic rings. The van der Waals surface area contributed by atoms with Crippen LogP contribution in [0.5, 0.6) is 0 Å². The van der Waals surface area contributed by atoms with Gasteiger partial charge in [0.2, 0.25) is 0 Å². The van der Waals surface area contributed by atoms with Gasteiger partial charge < -0.3 is 10.6 Å². The molecule has 0 aromatic heterocycles. The van der Waals surface area contributed by atoms with E-state index >= 15 is 0 Å². The van der Waals surface area contributed by atoms with E-state index in [9.17, 15) is 26.7 Å². The average molecular weight is 441 g/mol. The Morgan fingerprint density at radius 1 is 1.10 bits per heavy atom. The average Bonchev–Trinajstić information content (AvgIpc) is 2.71. The van der Waals surface area contributed by atoms with Gasteiger partial charge in [-0.05, 0) is 55.2 Å². The lowest BCUT2D eigenvalue weighted by molar-refractivity contribution is -0.137. The fraction of sp³-hybridized carbons (Fsp3) is 0.409. The van der Waals surface area contributed by atoms with Crippen LogP contribution in [0.4, 0.5) is 26.7 Å². The molecule has 31 heavy (non-hydrogen) atoms. The number of rotatable bonds is 5. The highest BCUT2D eigenvalue weighted by Crippen LogP contribution is 2.30. The van der Waals surface area contributed by atoms with Crippen molar-refractivity contribution in [1.29, 1.82) is 0 Å². The van der Waals surface area contributed by atoms with Crippen molar-refractivity contribution in [2.75, 3.05) is 13.1 Å². The van der Waals surface area contributed by atoms with Gasteiger partial charge in [-0.25, -0.2) is 13.6 Å². The molecule has 0 bridgehead atoms. The van der Waals surface area contributed by atoms with E-state index in [1.54, 1.807) is 13.0 Å². The number of urea groups is 1. The molecule has 1 unspecified atom stereocenters. The number of alkyl halides is 3. The Kier molecular flexibility index (Phi) is 7.15. The molecule has 1 atom stereocenters. The Hall–Kier alpha value is -2.68. The van der Waals surface area contributed by atoms with Crippen LogP contribution in [0, 0.1) is 11.6 Å². The molecule has 0 aliphatic carbocycles. The van der Waals surface area contributed by atoms with Crippen LogP contribution in [0.1, 0.15) is 42.5 Å². The first-order valence-electron chi connectivity index (χ1n) is 10.0. The molecule has 2 amide bonds. The first kappa shape index (κ1) is 23.0. The van der Waals surface area contributed by atoms with Gasteiger partial charge >= 0.3 is 12.2 Å². The summed E-state index contributed by atoms with van der Waals surface area (Å²) in [7, 11) is 0. The van der Waals surface area contributed by atoms with E-state index in [2.05, 4.69) is 15.5 Å². The van der Waals surface area contributed by atoms with Crippen LogP contribution in [-0.4, -0.2) is 30.1 Å². The highest BCUT2D eigenvalue weighted by atomic mass is 19.4. The van der Waals surface area contributed by atoms with Gasteiger partial charge in [0.15, 0.2) is 11.6 Å². The third kappa shape index (κ3) is 6.40. The highest BCUT2D eigenvalue weighted by Gasteiger charge is 2.31. The molecule has 4 nitrogen and oxygen atoms in total. The zero-order chi connectivity index (χ0) is 22.6. The van der Waals surface area contributed by atoms with Crippen molar-refractivity contribution in [3.8, 4) is 0 Å². The lowest BCUT2D eigenvalue weighted by Crippen LogP contribution is -2.48. The summed E-state index contributed by atoms with van der Waals surface area (Å²) >= 11 is 0. The predicted molar refractivity (Wildman–Crippen MR) is 106 cm³/mol. The largest absolute Gasteiger partial charge is 0.416 e. The number of hydrogen-bond acceptors (Lipinski definition) is 2. The van der Waals surface area contributed by atoms with Crippen molar-refractivity contribution >= 4 is 6.03 Å². The first-order chi connectivity index (χ1) is 14.6. The zero-order valence-electron chi connectivity index (χ0n) is 17.0. The maximum Gasteiger partial charge on any atom is 0.416 e. The van der Waals surface area contributed by atoms with Crippen LogP contribution in [0.2, 0.25) is 0 Å². The molecule has 3 rings (SSSR count). The smallest absolute Gasteiger partial charge is 0.335 e. The van der Waals surface area contributed by atoms with Crippen molar-refractivity contribution in [3.05, 3.63) is 70.8 Å². The molecule has 0 saturated carbocycles. The molecule has 1 fully saturated rings. The van der Waals surface area contributed by atoms with Crippen molar-refractivity contribution in [3.63, 3.8) is 0 Å². The fourth-order valence-corrected chi connectivity index (χ4v) is 3.62. The van der Waals surface area contributed by atoms with Crippen LogP contribution in [-0.2, 0) is 12.7 Å². The number of carbonyl (C=O) groups is 1. The summed E-state index contributed by atoms with van der Waals surface area (Å²) < 4.78 is 65.0. The van der Waals surface area contributed by atoms with Crippen LogP contribution in [0.15, 0.2) is 42.5 Å². The van der Waals surface area contributed by atoms with E-state index in [-0.39, 0.29) is 6.04 Å². The fourth-order valence-electron chi connectivity index (χ4n) is 3.62. The molecular weight excluding hydrogens is 417 g/mol. The molecule has 2 aromatic rings. The minimum absolute atomic E-state index is 0.0742. The number of benzene rings is 2. The van der Waals surface area contributed by atoms with Crippen LogP contribution >= 0.6 is 0 Å². The summed E-state index contributed by atoms with van der Waals surface area (Å²) in [6.07, 6.45) is -3.09. The first-order valence-corrected chi connectivity index (χ1v) is 10.0. The van der Waals surface area contributed by atoms with Crippen molar-refractivity contribution in [2.45, 2.75) is 44.6 Å². The Labute approximate surface area is 177 Å². The Bertz CT molecular complexity index is 910. The highest BCUT2D eigenvalue weighted by molar-refractivity contribution is 5.74. The van der Waals surface area contributed by atoms with Gasteiger partial charge in [-0.15, -0.1) is 0 Å². The van der Waals surface area contributed by atoms with E-state index in [1.807, 2.05) is 0 Å². The molecular formula is C22H24F5N3O. The van der Waals surface area contributed by atoms with E-state index in [1.165, 1.54) is 18.2 Å². The molecule has 1 saturated heterocycles.